The summed E-state index contributed by atoms with van der Waals surface area (Å²) in [5.41, 5.74) is 2.52. The van der Waals surface area contributed by atoms with Crippen molar-refractivity contribution < 1.29 is 4.74 Å². The molecule has 3 nitrogen and oxygen atoms in total. The fourth-order valence-electron chi connectivity index (χ4n) is 3.45. The van der Waals surface area contributed by atoms with Gasteiger partial charge in [-0.05, 0) is 56.1 Å². The molecule has 0 spiro atoms. The Hall–Kier alpha value is -0.770. The number of benzene rings is 1. The summed E-state index contributed by atoms with van der Waals surface area (Å²) in [5, 5.41) is 4.34. The molecule has 1 fully saturated rings. The molecule has 1 atom stereocenters. The van der Waals surface area contributed by atoms with E-state index in [1.54, 1.807) is 0 Å². The Bertz CT molecular complexity index is 486. The smallest absolute Gasteiger partial charge is 0.127 e. The third-order valence-electron chi connectivity index (χ3n) is 4.58. The van der Waals surface area contributed by atoms with Crippen LogP contribution in [0.5, 0.6) is 5.75 Å². The van der Waals surface area contributed by atoms with E-state index in [4.69, 9.17) is 16.3 Å². The van der Waals surface area contributed by atoms with Crippen molar-refractivity contribution in [2.75, 3.05) is 32.8 Å². The summed E-state index contributed by atoms with van der Waals surface area (Å²) >= 11 is 6.26. The van der Waals surface area contributed by atoms with Gasteiger partial charge in [0.05, 0.1) is 6.61 Å². The number of hydrogen-bond donors (Lipinski definition) is 1. The van der Waals surface area contributed by atoms with E-state index in [9.17, 15) is 0 Å². The van der Waals surface area contributed by atoms with Crippen LogP contribution in [0.3, 0.4) is 0 Å². The summed E-state index contributed by atoms with van der Waals surface area (Å²) in [5.74, 6) is 1.85. The van der Waals surface area contributed by atoms with Crippen molar-refractivity contribution in [3.8, 4) is 5.75 Å². The van der Waals surface area contributed by atoms with Crippen molar-refractivity contribution in [2.45, 2.75) is 32.7 Å². The van der Waals surface area contributed by atoms with Crippen LogP contribution in [0.2, 0.25) is 5.02 Å². The standard InChI is InChI=1S/C17H25ClN2O/c1-2-20(11-13-4-3-6-19-10-13)12-15-9-16(18)8-14-5-7-21-17(14)15/h8-9,13,19H,2-7,10-12H2,1H3. The van der Waals surface area contributed by atoms with Crippen LogP contribution in [0.1, 0.15) is 30.9 Å². The molecule has 0 aromatic heterocycles. The van der Waals surface area contributed by atoms with Crippen molar-refractivity contribution in [3.63, 3.8) is 0 Å². The Balaban J connectivity index is 1.69. The van der Waals surface area contributed by atoms with E-state index < -0.39 is 0 Å². The van der Waals surface area contributed by atoms with Crippen LogP contribution in [0.4, 0.5) is 0 Å². The molecular formula is C17H25ClN2O. The number of fused-ring (bicyclic) bond motifs is 1. The van der Waals surface area contributed by atoms with Crippen LogP contribution in [-0.4, -0.2) is 37.7 Å². The zero-order valence-electron chi connectivity index (χ0n) is 12.8. The Morgan fingerprint density at radius 2 is 2.33 bits per heavy atom. The van der Waals surface area contributed by atoms with E-state index in [0.717, 1.165) is 55.9 Å². The van der Waals surface area contributed by atoms with Gasteiger partial charge in [-0.15, -0.1) is 0 Å². The van der Waals surface area contributed by atoms with Gasteiger partial charge in [0.15, 0.2) is 0 Å². The molecule has 1 unspecified atom stereocenters. The first-order valence-electron chi connectivity index (χ1n) is 8.13. The van der Waals surface area contributed by atoms with E-state index in [-0.39, 0.29) is 0 Å². The lowest BCUT2D eigenvalue weighted by Gasteiger charge is -2.29. The number of nitrogens with zero attached hydrogens (tertiary/aromatic N) is 1. The highest BCUT2D eigenvalue weighted by molar-refractivity contribution is 6.30. The van der Waals surface area contributed by atoms with Crippen LogP contribution in [0.25, 0.3) is 0 Å². The van der Waals surface area contributed by atoms with Gasteiger partial charge in [0.2, 0.25) is 0 Å². The molecule has 0 amide bonds. The maximum atomic E-state index is 6.26. The van der Waals surface area contributed by atoms with Gasteiger partial charge in [0, 0.05) is 30.1 Å². The number of rotatable bonds is 5. The third-order valence-corrected chi connectivity index (χ3v) is 4.80. The zero-order chi connectivity index (χ0) is 14.7. The number of nitrogens with one attached hydrogen (secondary N) is 1. The van der Waals surface area contributed by atoms with Crippen LogP contribution < -0.4 is 10.1 Å². The summed E-state index contributed by atoms with van der Waals surface area (Å²) in [4.78, 5) is 2.52. The molecule has 2 aliphatic rings. The topological polar surface area (TPSA) is 24.5 Å². The third kappa shape index (κ3) is 3.71. The molecule has 1 aromatic rings. The predicted molar refractivity (Wildman–Crippen MR) is 87.2 cm³/mol. The number of piperidine rings is 1. The average Bonchev–Trinajstić information content (AvgIpc) is 2.96. The van der Waals surface area contributed by atoms with Crippen molar-refractivity contribution in [2.24, 2.45) is 5.92 Å². The number of halogens is 1. The highest BCUT2D eigenvalue weighted by Gasteiger charge is 2.21. The fourth-order valence-corrected chi connectivity index (χ4v) is 3.72. The Morgan fingerprint density at radius 3 is 3.10 bits per heavy atom. The average molecular weight is 309 g/mol. The number of ether oxygens (including phenoxy) is 1. The second kappa shape index (κ2) is 6.99. The minimum absolute atomic E-state index is 0.770. The zero-order valence-corrected chi connectivity index (χ0v) is 13.6. The molecule has 1 aromatic carbocycles. The predicted octanol–water partition coefficient (Wildman–Crippen LogP) is 3.10. The minimum Gasteiger partial charge on any atom is -0.493 e. The molecule has 21 heavy (non-hydrogen) atoms. The molecule has 4 heteroatoms. The van der Waals surface area contributed by atoms with E-state index in [0.29, 0.717) is 0 Å². The maximum absolute atomic E-state index is 6.26. The largest absolute Gasteiger partial charge is 0.493 e. The Morgan fingerprint density at radius 1 is 1.43 bits per heavy atom. The quantitative estimate of drug-likeness (QED) is 0.904. The lowest BCUT2D eigenvalue weighted by molar-refractivity contribution is 0.207. The van der Waals surface area contributed by atoms with E-state index in [1.165, 1.54) is 30.5 Å². The fraction of sp³-hybridized carbons (Fsp3) is 0.647. The van der Waals surface area contributed by atoms with Crippen LogP contribution in [-0.2, 0) is 13.0 Å². The highest BCUT2D eigenvalue weighted by Crippen LogP contribution is 2.33. The minimum atomic E-state index is 0.770. The van der Waals surface area contributed by atoms with Gasteiger partial charge in [0.1, 0.15) is 5.75 Å². The summed E-state index contributed by atoms with van der Waals surface area (Å²) < 4.78 is 5.82. The summed E-state index contributed by atoms with van der Waals surface area (Å²) in [6, 6.07) is 4.13. The lowest BCUT2D eigenvalue weighted by atomic mass is 9.98. The normalized spacial score (nSPS) is 21.4. The number of hydrogen-bond acceptors (Lipinski definition) is 3. The molecule has 0 radical (unpaired) electrons. The molecule has 1 N–H and O–H groups in total. The molecular weight excluding hydrogens is 284 g/mol. The lowest BCUT2D eigenvalue weighted by Crippen LogP contribution is -2.38. The second-order valence-corrected chi connectivity index (χ2v) is 6.63. The molecule has 1 saturated heterocycles. The van der Waals surface area contributed by atoms with Crippen LogP contribution in [0, 0.1) is 5.92 Å². The maximum Gasteiger partial charge on any atom is 0.127 e. The Labute approximate surface area is 132 Å². The van der Waals surface area contributed by atoms with Gasteiger partial charge in [0.25, 0.3) is 0 Å². The van der Waals surface area contributed by atoms with Gasteiger partial charge < -0.3 is 10.1 Å². The summed E-state index contributed by atoms with van der Waals surface area (Å²) in [6.45, 7) is 8.53. The van der Waals surface area contributed by atoms with Crippen LogP contribution in [0.15, 0.2) is 12.1 Å². The Kier molecular flexibility index (Phi) is 5.04. The summed E-state index contributed by atoms with van der Waals surface area (Å²) in [6.07, 6.45) is 3.63. The first-order valence-corrected chi connectivity index (χ1v) is 8.51. The van der Waals surface area contributed by atoms with Gasteiger partial charge in [-0.25, -0.2) is 0 Å². The van der Waals surface area contributed by atoms with Gasteiger partial charge >= 0.3 is 0 Å². The first-order chi connectivity index (χ1) is 10.3. The van der Waals surface area contributed by atoms with Gasteiger partial charge in [-0.1, -0.05) is 18.5 Å². The van der Waals surface area contributed by atoms with Gasteiger partial charge in [-0.2, -0.15) is 0 Å². The van der Waals surface area contributed by atoms with Crippen molar-refractivity contribution >= 4 is 11.6 Å². The molecule has 0 bridgehead atoms. The van der Waals surface area contributed by atoms with E-state index >= 15 is 0 Å². The summed E-state index contributed by atoms with van der Waals surface area (Å²) in [7, 11) is 0. The highest BCUT2D eigenvalue weighted by atomic mass is 35.5. The van der Waals surface area contributed by atoms with Crippen molar-refractivity contribution in [1.29, 1.82) is 0 Å². The van der Waals surface area contributed by atoms with E-state index in [1.807, 2.05) is 0 Å². The van der Waals surface area contributed by atoms with Crippen molar-refractivity contribution in [1.82, 2.24) is 10.2 Å². The molecule has 3 rings (SSSR count). The first kappa shape index (κ1) is 15.1. The molecule has 0 saturated carbocycles. The molecule has 116 valence electrons. The molecule has 2 heterocycles. The van der Waals surface area contributed by atoms with Crippen LogP contribution >= 0.6 is 11.6 Å². The monoisotopic (exact) mass is 308 g/mol. The van der Waals surface area contributed by atoms with E-state index in [2.05, 4.69) is 29.3 Å². The molecule has 2 aliphatic heterocycles. The second-order valence-electron chi connectivity index (χ2n) is 6.19. The SMILES string of the molecule is CCN(Cc1cc(Cl)cc2c1OCC2)CC1CCCNC1. The van der Waals surface area contributed by atoms with Gasteiger partial charge in [-0.3, -0.25) is 4.90 Å². The molecule has 0 aliphatic carbocycles. The van der Waals surface area contributed by atoms with Crippen molar-refractivity contribution in [3.05, 3.63) is 28.3 Å².